The van der Waals surface area contributed by atoms with Gasteiger partial charge < -0.3 is 15.6 Å². The van der Waals surface area contributed by atoms with Crippen LogP contribution in [0.1, 0.15) is 77.0 Å². The van der Waals surface area contributed by atoms with Crippen LogP contribution in [-0.2, 0) is 0 Å². The molecule has 0 amide bonds. The normalized spacial score (nSPS) is 19.1. The Balaban J connectivity index is 1.27. The topological polar surface area (TPSA) is 65.6 Å². The summed E-state index contributed by atoms with van der Waals surface area (Å²) >= 11 is 0. The van der Waals surface area contributed by atoms with Gasteiger partial charge in [-0.05, 0) is 56.0 Å². The number of anilines is 2. The molecule has 0 atom stereocenters. The van der Waals surface area contributed by atoms with Crippen LogP contribution in [0.5, 0.6) is 0 Å². The summed E-state index contributed by atoms with van der Waals surface area (Å²) in [4.78, 5) is 12.8. The van der Waals surface area contributed by atoms with Crippen molar-refractivity contribution in [3.63, 3.8) is 0 Å². The van der Waals surface area contributed by atoms with E-state index >= 15 is 0 Å². The molecule has 0 radical (unpaired) electrons. The Labute approximate surface area is 185 Å². The quantitative estimate of drug-likeness (QED) is 0.395. The SMILES string of the molecule is c1cc(-c2nc3ncc(NC4CCCCCC4)cc3[nH]2)ccc1NC1CCCCCC1. The third-order valence-corrected chi connectivity index (χ3v) is 6.95. The fraction of sp³-hybridized carbons (Fsp3) is 0.538. The summed E-state index contributed by atoms with van der Waals surface area (Å²) in [5.74, 6) is 0.884. The number of aromatic nitrogens is 3. The summed E-state index contributed by atoms with van der Waals surface area (Å²) in [5, 5.41) is 7.42. The van der Waals surface area contributed by atoms with Gasteiger partial charge in [0.2, 0.25) is 0 Å². The minimum atomic E-state index is 0.567. The second kappa shape index (κ2) is 9.71. The zero-order chi connectivity index (χ0) is 20.9. The largest absolute Gasteiger partial charge is 0.382 e. The van der Waals surface area contributed by atoms with Crippen LogP contribution in [0.3, 0.4) is 0 Å². The van der Waals surface area contributed by atoms with E-state index in [4.69, 9.17) is 4.98 Å². The highest BCUT2D eigenvalue weighted by molar-refractivity contribution is 5.79. The first-order chi connectivity index (χ1) is 15.3. The molecular weight excluding hydrogens is 382 g/mol. The van der Waals surface area contributed by atoms with Crippen LogP contribution in [-0.4, -0.2) is 27.0 Å². The Morgan fingerprint density at radius 1 is 0.710 bits per heavy atom. The lowest BCUT2D eigenvalue weighted by molar-refractivity contribution is 0.620. The van der Waals surface area contributed by atoms with Crippen LogP contribution in [0.4, 0.5) is 11.4 Å². The van der Waals surface area contributed by atoms with Crippen molar-refractivity contribution in [3.8, 4) is 11.4 Å². The molecule has 3 N–H and O–H groups in total. The fourth-order valence-electron chi connectivity index (χ4n) is 5.16. The van der Waals surface area contributed by atoms with E-state index in [1.54, 1.807) is 0 Å². The summed E-state index contributed by atoms with van der Waals surface area (Å²) in [6.45, 7) is 0. The van der Waals surface area contributed by atoms with Crippen molar-refractivity contribution in [1.29, 1.82) is 0 Å². The van der Waals surface area contributed by atoms with Gasteiger partial charge in [-0.15, -0.1) is 0 Å². The Kier molecular flexibility index (Phi) is 6.38. The average Bonchev–Trinajstić information content (AvgIpc) is 2.94. The zero-order valence-electron chi connectivity index (χ0n) is 18.5. The van der Waals surface area contributed by atoms with E-state index in [0.717, 1.165) is 28.2 Å². The first kappa shape index (κ1) is 20.3. The number of aromatic amines is 1. The highest BCUT2D eigenvalue weighted by atomic mass is 15.0. The molecule has 1 aromatic carbocycles. The van der Waals surface area contributed by atoms with E-state index in [9.17, 15) is 0 Å². The number of benzene rings is 1. The van der Waals surface area contributed by atoms with Gasteiger partial charge in [-0.25, -0.2) is 9.97 Å². The number of nitrogens with zero attached hydrogens (tertiary/aromatic N) is 2. The molecule has 2 heterocycles. The van der Waals surface area contributed by atoms with Crippen LogP contribution in [0.15, 0.2) is 36.5 Å². The minimum Gasteiger partial charge on any atom is -0.382 e. The maximum atomic E-state index is 4.73. The van der Waals surface area contributed by atoms with E-state index in [2.05, 4.69) is 50.9 Å². The van der Waals surface area contributed by atoms with Gasteiger partial charge in [0.1, 0.15) is 5.82 Å². The molecule has 5 nitrogen and oxygen atoms in total. The van der Waals surface area contributed by atoms with Gasteiger partial charge in [0.25, 0.3) is 0 Å². The van der Waals surface area contributed by atoms with Crippen LogP contribution in [0.2, 0.25) is 0 Å². The fourth-order valence-corrected chi connectivity index (χ4v) is 5.16. The van der Waals surface area contributed by atoms with Crippen molar-refractivity contribution >= 4 is 22.5 Å². The van der Waals surface area contributed by atoms with E-state index in [-0.39, 0.29) is 0 Å². The average molecular weight is 418 g/mol. The molecule has 0 aliphatic heterocycles. The smallest absolute Gasteiger partial charge is 0.178 e. The van der Waals surface area contributed by atoms with Gasteiger partial charge in [-0.3, -0.25) is 0 Å². The van der Waals surface area contributed by atoms with E-state index in [1.165, 1.54) is 82.7 Å². The molecule has 2 aliphatic rings. The molecule has 5 heteroatoms. The third kappa shape index (κ3) is 5.20. The number of fused-ring (bicyclic) bond motifs is 1. The molecular formula is C26H35N5. The lowest BCUT2D eigenvalue weighted by atomic mass is 10.1. The lowest BCUT2D eigenvalue weighted by Gasteiger charge is -2.17. The van der Waals surface area contributed by atoms with Gasteiger partial charge in [0, 0.05) is 23.3 Å². The molecule has 3 aromatic rings. The summed E-state index contributed by atoms with van der Waals surface area (Å²) in [6, 6.07) is 12.0. The minimum absolute atomic E-state index is 0.567. The molecule has 0 saturated heterocycles. The van der Waals surface area contributed by atoms with E-state index in [0.29, 0.717) is 12.1 Å². The highest BCUT2D eigenvalue weighted by Gasteiger charge is 2.14. The summed E-state index contributed by atoms with van der Waals surface area (Å²) in [6.07, 6.45) is 17.9. The van der Waals surface area contributed by atoms with Crippen molar-refractivity contribution in [2.75, 3.05) is 10.6 Å². The number of pyridine rings is 1. The van der Waals surface area contributed by atoms with Gasteiger partial charge in [-0.2, -0.15) is 0 Å². The monoisotopic (exact) mass is 417 g/mol. The van der Waals surface area contributed by atoms with E-state index in [1.807, 2.05) is 6.20 Å². The van der Waals surface area contributed by atoms with Crippen LogP contribution < -0.4 is 10.6 Å². The Bertz CT molecular complexity index is 961. The second-order valence-corrected chi connectivity index (χ2v) is 9.42. The number of rotatable bonds is 5. The van der Waals surface area contributed by atoms with Crippen LogP contribution in [0, 0.1) is 0 Å². The molecule has 0 bridgehead atoms. The molecule has 164 valence electrons. The predicted molar refractivity (Wildman–Crippen MR) is 130 cm³/mol. The maximum absolute atomic E-state index is 4.73. The summed E-state index contributed by atoms with van der Waals surface area (Å²) < 4.78 is 0. The van der Waals surface area contributed by atoms with Crippen molar-refractivity contribution in [2.24, 2.45) is 0 Å². The molecule has 0 unspecified atom stereocenters. The molecule has 0 spiro atoms. The molecule has 2 fully saturated rings. The van der Waals surface area contributed by atoms with E-state index < -0.39 is 0 Å². The van der Waals surface area contributed by atoms with Crippen LogP contribution >= 0.6 is 0 Å². The van der Waals surface area contributed by atoms with Gasteiger partial charge in [-0.1, -0.05) is 51.4 Å². The molecule has 2 aliphatic carbocycles. The molecule has 2 saturated carbocycles. The zero-order valence-corrected chi connectivity index (χ0v) is 18.5. The lowest BCUT2D eigenvalue weighted by Crippen LogP contribution is -2.18. The predicted octanol–water partition coefficient (Wildman–Crippen LogP) is 6.89. The van der Waals surface area contributed by atoms with Gasteiger partial charge in [0.15, 0.2) is 5.65 Å². The summed E-state index contributed by atoms with van der Waals surface area (Å²) in [7, 11) is 0. The number of hydrogen-bond donors (Lipinski definition) is 3. The standard InChI is InChI=1S/C26H35N5/c1-2-6-10-20(9-5-1)28-22-15-13-19(14-16-22)25-30-24-17-23(18-27-26(24)31-25)29-21-11-7-3-4-8-12-21/h13-18,20-21,28-29H,1-12H2,(H,27,30,31). The number of nitrogens with one attached hydrogen (secondary N) is 3. The number of imidazole rings is 1. The molecule has 31 heavy (non-hydrogen) atoms. The number of H-pyrrole nitrogens is 1. The van der Waals surface area contributed by atoms with Crippen molar-refractivity contribution in [3.05, 3.63) is 36.5 Å². The summed E-state index contributed by atoms with van der Waals surface area (Å²) in [5.41, 5.74) is 5.18. The first-order valence-corrected chi connectivity index (χ1v) is 12.3. The molecule has 5 rings (SSSR count). The second-order valence-electron chi connectivity index (χ2n) is 9.42. The molecule has 2 aromatic heterocycles. The Hall–Kier alpha value is -2.56. The Morgan fingerprint density at radius 3 is 1.90 bits per heavy atom. The maximum Gasteiger partial charge on any atom is 0.178 e. The van der Waals surface area contributed by atoms with Crippen molar-refractivity contribution < 1.29 is 0 Å². The Morgan fingerprint density at radius 2 is 1.29 bits per heavy atom. The van der Waals surface area contributed by atoms with Gasteiger partial charge >= 0.3 is 0 Å². The number of hydrogen-bond acceptors (Lipinski definition) is 4. The first-order valence-electron chi connectivity index (χ1n) is 12.3. The highest BCUT2D eigenvalue weighted by Crippen LogP contribution is 2.26. The van der Waals surface area contributed by atoms with Gasteiger partial charge in [0.05, 0.1) is 17.4 Å². The third-order valence-electron chi connectivity index (χ3n) is 6.95. The van der Waals surface area contributed by atoms with Crippen molar-refractivity contribution in [1.82, 2.24) is 15.0 Å². The van der Waals surface area contributed by atoms with Crippen molar-refractivity contribution in [2.45, 2.75) is 89.1 Å². The van der Waals surface area contributed by atoms with Crippen LogP contribution in [0.25, 0.3) is 22.6 Å².